The van der Waals surface area contributed by atoms with Crippen molar-refractivity contribution in [2.75, 3.05) is 0 Å². The molecule has 90 valence electrons. The molecule has 0 fully saturated rings. The summed E-state index contributed by atoms with van der Waals surface area (Å²) < 4.78 is 0. The predicted molar refractivity (Wildman–Crippen MR) is 72.4 cm³/mol. The molecule has 3 aromatic heterocycles. The van der Waals surface area contributed by atoms with Crippen LogP contribution in [0, 0.1) is 0 Å². The highest BCUT2D eigenvalue weighted by molar-refractivity contribution is 7.08. The monoisotopic (exact) mass is 278 g/mol. The molecule has 0 aliphatic carbocycles. The van der Waals surface area contributed by atoms with E-state index in [1.807, 2.05) is 5.38 Å². The second kappa shape index (κ2) is 4.12. The molecule has 0 bridgehead atoms. The summed E-state index contributed by atoms with van der Waals surface area (Å²) in [4.78, 5) is 18.7. The molecule has 3 rings (SSSR count). The number of pyridine rings is 2. The Morgan fingerprint density at radius 1 is 1.44 bits per heavy atom. The lowest BCUT2D eigenvalue weighted by molar-refractivity contribution is 0.481. The van der Waals surface area contributed by atoms with Gasteiger partial charge in [0.15, 0.2) is 5.75 Å². The lowest BCUT2D eigenvalue weighted by Crippen LogP contribution is -2.09. The van der Waals surface area contributed by atoms with Gasteiger partial charge in [0.1, 0.15) is 5.52 Å². The Morgan fingerprint density at radius 2 is 2.28 bits per heavy atom. The van der Waals surface area contributed by atoms with Gasteiger partial charge < -0.3 is 10.1 Å². The lowest BCUT2D eigenvalue weighted by atomic mass is 10.1. The number of hydrogen-bond donors (Lipinski definition) is 2. The maximum absolute atomic E-state index is 12.0. The topological polar surface area (TPSA) is 66.0 Å². The first kappa shape index (κ1) is 11.3. The molecule has 0 aromatic carbocycles. The van der Waals surface area contributed by atoms with E-state index in [4.69, 9.17) is 11.6 Å². The van der Waals surface area contributed by atoms with Crippen LogP contribution >= 0.6 is 22.9 Å². The number of hydrogen-bond acceptors (Lipinski definition) is 4. The number of aromatic hydroxyl groups is 1. The van der Waals surface area contributed by atoms with E-state index >= 15 is 0 Å². The summed E-state index contributed by atoms with van der Waals surface area (Å²) in [6.07, 6.45) is 1.43. The first-order chi connectivity index (χ1) is 8.66. The fourth-order valence-electron chi connectivity index (χ4n) is 1.81. The van der Waals surface area contributed by atoms with Crippen LogP contribution in [0.5, 0.6) is 5.75 Å². The molecule has 0 saturated heterocycles. The molecule has 0 atom stereocenters. The number of halogens is 1. The van der Waals surface area contributed by atoms with Gasteiger partial charge in [0.05, 0.1) is 16.1 Å². The zero-order valence-corrected chi connectivity index (χ0v) is 10.5. The van der Waals surface area contributed by atoms with Gasteiger partial charge in [-0.05, 0) is 22.9 Å². The van der Waals surface area contributed by atoms with E-state index < -0.39 is 0 Å². The van der Waals surface area contributed by atoms with E-state index in [2.05, 4.69) is 9.97 Å². The van der Waals surface area contributed by atoms with Crippen molar-refractivity contribution in [3.8, 4) is 16.9 Å². The Kier molecular flexibility index (Phi) is 2.57. The van der Waals surface area contributed by atoms with Crippen molar-refractivity contribution in [1.82, 2.24) is 9.97 Å². The fraction of sp³-hybridized carbons (Fsp3) is 0. The molecule has 0 spiro atoms. The summed E-state index contributed by atoms with van der Waals surface area (Å²) in [5.74, 6) is -0.121. The second-order valence-corrected chi connectivity index (χ2v) is 4.96. The zero-order valence-electron chi connectivity index (χ0n) is 8.98. The molecule has 0 aliphatic heterocycles. The van der Waals surface area contributed by atoms with Gasteiger partial charge in [-0.15, -0.1) is 0 Å². The van der Waals surface area contributed by atoms with Crippen molar-refractivity contribution >= 4 is 34.0 Å². The van der Waals surface area contributed by atoms with Gasteiger partial charge in [-0.1, -0.05) is 11.6 Å². The summed E-state index contributed by atoms with van der Waals surface area (Å²) in [6.45, 7) is 0. The van der Waals surface area contributed by atoms with Crippen molar-refractivity contribution in [2.24, 2.45) is 0 Å². The summed E-state index contributed by atoms with van der Waals surface area (Å²) in [7, 11) is 0. The quantitative estimate of drug-likeness (QED) is 0.719. The Morgan fingerprint density at radius 3 is 3.00 bits per heavy atom. The molecule has 6 heteroatoms. The standard InChI is InChI=1S/C12H7ClN2O2S/c13-7-3-8-10(14-4-7)11(16)9(12(17)15-8)6-1-2-18-5-6/h1-5H,(H2,15,16,17). The SMILES string of the molecule is O=c1[nH]c2cc(Cl)cnc2c(O)c1-c1ccsc1. The number of aromatic nitrogens is 2. The minimum absolute atomic E-state index is 0.121. The van der Waals surface area contributed by atoms with Crippen LogP contribution in [-0.2, 0) is 0 Å². The first-order valence-electron chi connectivity index (χ1n) is 5.10. The summed E-state index contributed by atoms with van der Waals surface area (Å²) in [5.41, 5.74) is 1.31. The van der Waals surface area contributed by atoms with Crippen LogP contribution in [0.2, 0.25) is 5.02 Å². The fourth-order valence-corrected chi connectivity index (χ4v) is 2.61. The molecule has 2 N–H and O–H groups in total. The van der Waals surface area contributed by atoms with Crippen LogP contribution in [-0.4, -0.2) is 15.1 Å². The van der Waals surface area contributed by atoms with Gasteiger partial charge in [-0.3, -0.25) is 4.79 Å². The highest BCUT2D eigenvalue weighted by atomic mass is 35.5. The van der Waals surface area contributed by atoms with Crippen molar-refractivity contribution in [2.45, 2.75) is 0 Å². The van der Waals surface area contributed by atoms with Gasteiger partial charge in [0, 0.05) is 11.8 Å². The number of rotatable bonds is 1. The van der Waals surface area contributed by atoms with Gasteiger partial charge in [-0.2, -0.15) is 11.3 Å². The molecule has 0 radical (unpaired) electrons. The summed E-state index contributed by atoms with van der Waals surface area (Å²) in [6, 6.07) is 3.33. The number of fused-ring (bicyclic) bond motifs is 1. The van der Waals surface area contributed by atoms with Crippen LogP contribution < -0.4 is 5.56 Å². The third-order valence-corrected chi connectivity index (χ3v) is 3.49. The number of thiophene rings is 1. The van der Waals surface area contributed by atoms with Crippen LogP contribution in [0.1, 0.15) is 0 Å². The maximum atomic E-state index is 12.0. The second-order valence-electron chi connectivity index (χ2n) is 3.74. The molecular formula is C12H7ClN2O2S. The van der Waals surface area contributed by atoms with E-state index in [0.29, 0.717) is 21.6 Å². The predicted octanol–water partition coefficient (Wildman–Crippen LogP) is 3.01. The highest BCUT2D eigenvalue weighted by Crippen LogP contribution is 2.32. The number of nitrogens with one attached hydrogen (secondary N) is 1. The average molecular weight is 279 g/mol. The van der Waals surface area contributed by atoms with Crippen LogP contribution in [0.25, 0.3) is 22.2 Å². The summed E-state index contributed by atoms with van der Waals surface area (Å²) in [5, 5.41) is 14.2. The largest absolute Gasteiger partial charge is 0.505 e. The van der Waals surface area contributed by atoms with Gasteiger partial charge in [-0.25, -0.2) is 4.98 Å². The number of nitrogens with zero attached hydrogens (tertiary/aromatic N) is 1. The van der Waals surface area contributed by atoms with Crippen molar-refractivity contribution in [3.05, 3.63) is 44.5 Å². The van der Waals surface area contributed by atoms with E-state index in [1.165, 1.54) is 17.5 Å². The van der Waals surface area contributed by atoms with Gasteiger partial charge in [0.2, 0.25) is 0 Å². The maximum Gasteiger partial charge on any atom is 0.260 e. The molecule has 0 unspecified atom stereocenters. The molecule has 0 aliphatic rings. The van der Waals surface area contributed by atoms with Crippen molar-refractivity contribution in [3.63, 3.8) is 0 Å². The molecule has 0 saturated carbocycles. The number of aromatic amines is 1. The van der Waals surface area contributed by atoms with Crippen LogP contribution in [0.4, 0.5) is 0 Å². The van der Waals surface area contributed by atoms with E-state index in [1.54, 1.807) is 17.5 Å². The van der Waals surface area contributed by atoms with Gasteiger partial charge in [0.25, 0.3) is 5.56 Å². The minimum Gasteiger partial charge on any atom is -0.505 e. The smallest absolute Gasteiger partial charge is 0.260 e. The zero-order chi connectivity index (χ0) is 12.7. The highest BCUT2D eigenvalue weighted by Gasteiger charge is 2.15. The summed E-state index contributed by atoms with van der Waals surface area (Å²) >= 11 is 7.25. The normalized spacial score (nSPS) is 10.9. The molecule has 3 heterocycles. The molecule has 0 amide bonds. The molecule has 18 heavy (non-hydrogen) atoms. The Hall–Kier alpha value is -1.85. The first-order valence-corrected chi connectivity index (χ1v) is 6.42. The third kappa shape index (κ3) is 1.68. The third-order valence-electron chi connectivity index (χ3n) is 2.60. The van der Waals surface area contributed by atoms with Gasteiger partial charge >= 0.3 is 0 Å². The van der Waals surface area contributed by atoms with E-state index in [-0.39, 0.29) is 16.9 Å². The molecule has 3 aromatic rings. The average Bonchev–Trinajstić information content (AvgIpc) is 2.82. The van der Waals surface area contributed by atoms with Crippen molar-refractivity contribution in [1.29, 1.82) is 0 Å². The Balaban J connectivity index is 2.41. The van der Waals surface area contributed by atoms with E-state index in [0.717, 1.165) is 0 Å². The Bertz CT molecular complexity index is 781. The van der Waals surface area contributed by atoms with Crippen molar-refractivity contribution < 1.29 is 5.11 Å². The minimum atomic E-state index is -0.359. The molecule has 4 nitrogen and oxygen atoms in total. The van der Waals surface area contributed by atoms with Crippen LogP contribution in [0.3, 0.4) is 0 Å². The number of H-pyrrole nitrogens is 1. The van der Waals surface area contributed by atoms with E-state index in [9.17, 15) is 9.90 Å². The molecular weight excluding hydrogens is 272 g/mol. The van der Waals surface area contributed by atoms with Crippen LogP contribution in [0.15, 0.2) is 33.9 Å². The lowest BCUT2D eigenvalue weighted by Gasteiger charge is -2.05. The Labute approximate surface area is 111 Å².